The third-order valence-corrected chi connectivity index (χ3v) is 5.31. The predicted molar refractivity (Wildman–Crippen MR) is 86.2 cm³/mol. The van der Waals surface area contributed by atoms with Crippen molar-refractivity contribution in [3.8, 4) is 0 Å². The van der Waals surface area contributed by atoms with Gasteiger partial charge in [-0.15, -0.1) is 11.8 Å². The second-order valence-electron chi connectivity index (χ2n) is 5.33. The molecule has 1 N–H and O–H groups in total. The SMILES string of the molecule is CCNC(CSc1ccc(Cl)cc1)C1CCCCC1. The van der Waals surface area contributed by atoms with Crippen molar-refractivity contribution in [1.29, 1.82) is 0 Å². The molecule has 1 nitrogen and oxygen atoms in total. The summed E-state index contributed by atoms with van der Waals surface area (Å²) >= 11 is 7.87. The summed E-state index contributed by atoms with van der Waals surface area (Å²) in [5, 5.41) is 4.51. The molecule has 1 fully saturated rings. The van der Waals surface area contributed by atoms with Crippen LogP contribution in [0, 0.1) is 5.92 Å². The first-order valence-corrected chi connectivity index (χ1v) is 8.77. The van der Waals surface area contributed by atoms with Gasteiger partial charge in [0.2, 0.25) is 0 Å². The van der Waals surface area contributed by atoms with Crippen molar-refractivity contribution in [2.45, 2.75) is 50.0 Å². The van der Waals surface area contributed by atoms with E-state index < -0.39 is 0 Å². The molecule has 2 rings (SSSR count). The van der Waals surface area contributed by atoms with Crippen molar-refractivity contribution in [1.82, 2.24) is 5.32 Å². The van der Waals surface area contributed by atoms with Crippen LogP contribution in [0.25, 0.3) is 0 Å². The van der Waals surface area contributed by atoms with Crippen LogP contribution in [-0.2, 0) is 0 Å². The van der Waals surface area contributed by atoms with Gasteiger partial charge in [0, 0.05) is 21.7 Å². The maximum Gasteiger partial charge on any atom is 0.0406 e. The fourth-order valence-corrected chi connectivity index (χ4v) is 4.09. The molecule has 1 saturated carbocycles. The second-order valence-corrected chi connectivity index (χ2v) is 6.86. The summed E-state index contributed by atoms with van der Waals surface area (Å²) < 4.78 is 0. The van der Waals surface area contributed by atoms with Gasteiger partial charge in [0.15, 0.2) is 0 Å². The Kier molecular flexibility index (Phi) is 6.55. The molecule has 1 aromatic rings. The third kappa shape index (κ3) is 5.02. The van der Waals surface area contributed by atoms with E-state index in [1.165, 1.54) is 42.8 Å². The van der Waals surface area contributed by atoms with E-state index in [9.17, 15) is 0 Å². The molecule has 1 aliphatic rings. The molecule has 106 valence electrons. The van der Waals surface area contributed by atoms with Crippen LogP contribution in [0.1, 0.15) is 39.0 Å². The first kappa shape index (κ1) is 15.2. The minimum absolute atomic E-state index is 0.658. The molecular formula is C16H24ClNS. The molecule has 0 radical (unpaired) electrons. The van der Waals surface area contributed by atoms with Crippen molar-refractivity contribution in [2.75, 3.05) is 12.3 Å². The number of thioether (sulfide) groups is 1. The molecule has 0 bridgehead atoms. The van der Waals surface area contributed by atoms with Gasteiger partial charge in [-0.25, -0.2) is 0 Å². The zero-order valence-electron chi connectivity index (χ0n) is 11.7. The van der Waals surface area contributed by atoms with E-state index >= 15 is 0 Å². The van der Waals surface area contributed by atoms with Crippen LogP contribution in [0.3, 0.4) is 0 Å². The lowest BCUT2D eigenvalue weighted by atomic mass is 9.84. The molecule has 1 atom stereocenters. The molecule has 0 heterocycles. The number of rotatable bonds is 6. The maximum atomic E-state index is 5.92. The first-order valence-electron chi connectivity index (χ1n) is 7.41. The molecule has 0 amide bonds. The van der Waals surface area contributed by atoms with E-state index in [4.69, 9.17) is 11.6 Å². The third-order valence-electron chi connectivity index (χ3n) is 3.93. The van der Waals surface area contributed by atoms with Gasteiger partial charge in [-0.05, 0) is 49.6 Å². The van der Waals surface area contributed by atoms with Crippen LogP contribution >= 0.6 is 23.4 Å². The molecule has 3 heteroatoms. The first-order chi connectivity index (χ1) is 9.29. The average Bonchev–Trinajstić information content (AvgIpc) is 2.46. The summed E-state index contributed by atoms with van der Waals surface area (Å²) in [6.07, 6.45) is 7.06. The fourth-order valence-electron chi connectivity index (χ4n) is 2.88. The zero-order chi connectivity index (χ0) is 13.5. The largest absolute Gasteiger partial charge is 0.313 e. The van der Waals surface area contributed by atoms with Crippen LogP contribution in [0.5, 0.6) is 0 Å². The van der Waals surface area contributed by atoms with Gasteiger partial charge in [0.1, 0.15) is 0 Å². The molecule has 0 spiro atoms. The smallest absolute Gasteiger partial charge is 0.0406 e. The van der Waals surface area contributed by atoms with E-state index in [0.29, 0.717) is 6.04 Å². The van der Waals surface area contributed by atoms with Gasteiger partial charge in [-0.1, -0.05) is 37.8 Å². The Hall–Kier alpha value is -0.180. The molecule has 1 aromatic carbocycles. The number of hydrogen-bond donors (Lipinski definition) is 1. The molecule has 1 aliphatic carbocycles. The Morgan fingerprint density at radius 1 is 1.21 bits per heavy atom. The summed E-state index contributed by atoms with van der Waals surface area (Å²) in [5.41, 5.74) is 0. The van der Waals surface area contributed by atoms with E-state index in [2.05, 4.69) is 24.4 Å². The Balaban J connectivity index is 1.87. The second kappa shape index (κ2) is 8.18. The molecular weight excluding hydrogens is 274 g/mol. The van der Waals surface area contributed by atoms with Crippen LogP contribution in [0.4, 0.5) is 0 Å². The predicted octanol–water partition coefficient (Wildman–Crippen LogP) is 4.99. The topological polar surface area (TPSA) is 12.0 Å². The normalized spacial score (nSPS) is 18.4. The van der Waals surface area contributed by atoms with E-state index in [0.717, 1.165) is 17.5 Å². The standard InChI is InChI=1S/C16H24ClNS/c1-2-18-16(13-6-4-3-5-7-13)12-19-15-10-8-14(17)9-11-15/h8-11,13,16,18H,2-7,12H2,1H3. The monoisotopic (exact) mass is 297 g/mol. The molecule has 1 unspecified atom stereocenters. The van der Waals surface area contributed by atoms with Crippen molar-refractivity contribution in [3.63, 3.8) is 0 Å². The van der Waals surface area contributed by atoms with Crippen molar-refractivity contribution in [3.05, 3.63) is 29.3 Å². The molecule has 0 aromatic heterocycles. The van der Waals surface area contributed by atoms with Crippen LogP contribution in [0.15, 0.2) is 29.2 Å². The van der Waals surface area contributed by atoms with E-state index in [-0.39, 0.29) is 0 Å². The van der Waals surface area contributed by atoms with E-state index in [1.807, 2.05) is 23.9 Å². The highest BCUT2D eigenvalue weighted by Gasteiger charge is 2.22. The van der Waals surface area contributed by atoms with Gasteiger partial charge < -0.3 is 5.32 Å². The van der Waals surface area contributed by atoms with Gasteiger partial charge in [0.25, 0.3) is 0 Å². The van der Waals surface area contributed by atoms with E-state index in [1.54, 1.807) is 0 Å². The van der Waals surface area contributed by atoms with Crippen LogP contribution in [-0.4, -0.2) is 18.3 Å². The van der Waals surface area contributed by atoms with Crippen molar-refractivity contribution in [2.24, 2.45) is 5.92 Å². The van der Waals surface area contributed by atoms with Gasteiger partial charge in [0.05, 0.1) is 0 Å². The Bertz CT molecular complexity index is 360. The maximum absolute atomic E-state index is 5.92. The van der Waals surface area contributed by atoms with Crippen LogP contribution < -0.4 is 5.32 Å². The lowest BCUT2D eigenvalue weighted by Crippen LogP contribution is -2.39. The van der Waals surface area contributed by atoms with Crippen molar-refractivity contribution >= 4 is 23.4 Å². The fraction of sp³-hybridized carbons (Fsp3) is 0.625. The Morgan fingerprint density at radius 3 is 2.53 bits per heavy atom. The number of benzene rings is 1. The number of halogens is 1. The lowest BCUT2D eigenvalue weighted by Gasteiger charge is -2.30. The highest BCUT2D eigenvalue weighted by Crippen LogP contribution is 2.30. The summed E-state index contributed by atoms with van der Waals surface area (Å²) in [5.74, 6) is 2.04. The lowest BCUT2D eigenvalue weighted by molar-refractivity contribution is 0.288. The quantitative estimate of drug-likeness (QED) is 0.742. The minimum atomic E-state index is 0.658. The highest BCUT2D eigenvalue weighted by atomic mass is 35.5. The average molecular weight is 298 g/mol. The summed E-state index contributed by atoms with van der Waals surface area (Å²) in [6, 6.07) is 8.86. The number of nitrogens with one attached hydrogen (secondary N) is 1. The van der Waals surface area contributed by atoms with Gasteiger partial charge in [-0.3, -0.25) is 0 Å². The van der Waals surface area contributed by atoms with Gasteiger partial charge >= 0.3 is 0 Å². The summed E-state index contributed by atoms with van der Waals surface area (Å²) in [4.78, 5) is 1.32. The highest BCUT2D eigenvalue weighted by molar-refractivity contribution is 7.99. The Morgan fingerprint density at radius 2 is 1.89 bits per heavy atom. The molecule has 0 saturated heterocycles. The van der Waals surface area contributed by atoms with Crippen molar-refractivity contribution < 1.29 is 0 Å². The minimum Gasteiger partial charge on any atom is -0.313 e. The number of hydrogen-bond acceptors (Lipinski definition) is 2. The molecule has 0 aliphatic heterocycles. The Labute approximate surface area is 126 Å². The molecule has 19 heavy (non-hydrogen) atoms. The zero-order valence-corrected chi connectivity index (χ0v) is 13.3. The summed E-state index contributed by atoms with van der Waals surface area (Å²) in [7, 11) is 0. The summed E-state index contributed by atoms with van der Waals surface area (Å²) in [6.45, 7) is 3.28. The van der Waals surface area contributed by atoms with Gasteiger partial charge in [-0.2, -0.15) is 0 Å². The van der Waals surface area contributed by atoms with Crippen LogP contribution in [0.2, 0.25) is 5.02 Å².